The summed E-state index contributed by atoms with van der Waals surface area (Å²) in [6.07, 6.45) is -7.34. The second-order valence-electron chi connectivity index (χ2n) is 6.74. The third kappa shape index (κ3) is 3.81. The number of hydrogen-bond acceptors (Lipinski definition) is 3. The maximum Gasteiger partial charge on any atom is 0.417 e. The molecule has 0 saturated carbocycles. The van der Waals surface area contributed by atoms with E-state index in [-0.39, 0.29) is 33.8 Å². The van der Waals surface area contributed by atoms with E-state index in [9.17, 15) is 31.1 Å². The van der Waals surface area contributed by atoms with Crippen molar-refractivity contribution < 1.29 is 40.0 Å². The van der Waals surface area contributed by atoms with Gasteiger partial charge in [0.05, 0.1) is 34.8 Å². The summed E-state index contributed by atoms with van der Waals surface area (Å²) in [5.41, 5.74) is -3.25. The zero-order chi connectivity index (χ0) is 23.1. The molecule has 4 rings (SSSR count). The molecule has 3 nitrogen and oxygen atoms in total. The van der Waals surface area contributed by atoms with Crippen molar-refractivity contribution in [1.29, 1.82) is 0 Å². The standard InChI is InChI=1S/C23H12F6O3/c24-22(25,26)17-7-3-1-5-13(17)20-15(9-11-31-20)19(30)16-10-12-32-21(16)14-6-2-4-8-18(14)23(27,28)29/h1-12H. The van der Waals surface area contributed by atoms with E-state index in [0.717, 1.165) is 48.9 Å². The van der Waals surface area contributed by atoms with E-state index in [0.29, 0.717) is 0 Å². The van der Waals surface area contributed by atoms with Gasteiger partial charge in [-0.15, -0.1) is 0 Å². The molecule has 2 aromatic carbocycles. The summed E-state index contributed by atoms with van der Waals surface area (Å²) in [7, 11) is 0. The summed E-state index contributed by atoms with van der Waals surface area (Å²) in [4.78, 5) is 13.2. The monoisotopic (exact) mass is 450 g/mol. The van der Waals surface area contributed by atoms with Crippen LogP contribution in [-0.2, 0) is 12.4 Å². The molecule has 2 aromatic heterocycles. The van der Waals surface area contributed by atoms with Crippen LogP contribution in [0.4, 0.5) is 26.3 Å². The Kier molecular flexibility index (Phi) is 5.20. The second kappa shape index (κ2) is 7.74. The molecule has 0 saturated heterocycles. The first kappa shape index (κ1) is 21.5. The van der Waals surface area contributed by atoms with E-state index in [2.05, 4.69) is 0 Å². The van der Waals surface area contributed by atoms with Crippen LogP contribution in [0.5, 0.6) is 0 Å². The van der Waals surface area contributed by atoms with Gasteiger partial charge < -0.3 is 8.83 Å². The van der Waals surface area contributed by atoms with E-state index in [1.54, 1.807) is 0 Å². The van der Waals surface area contributed by atoms with Crippen LogP contribution < -0.4 is 0 Å². The third-order valence-corrected chi connectivity index (χ3v) is 4.77. The average molecular weight is 450 g/mol. The highest BCUT2D eigenvalue weighted by Crippen LogP contribution is 2.41. The van der Waals surface area contributed by atoms with E-state index in [1.165, 1.54) is 24.3 Å². The van der Waals surface area contributed by atoms with Crippen molar-refractivity contribution in [3.05, 3.63) is 95.4 Å². The van der Waals surface area contributed by atoms with Gasteiger partial charge in [0.2, 0.25) is 5.78 Å². The molecule has 9 heteroatoms. The highest BCUT2D eigenvalue weighted by atomic mass is 19.4. The number of carbonyl (C=O) groups excluding carboxylic acids is 1. The van der Waals surface area contributed by atoms with E-state index in [4.69, 9.17) is 8.83 Å². The molecular formula is C23H12F6O3. The fourth-order valence-corrected chi connectivity index (χ4v) is 3.39. The van der Waals surface area contributed by atoms with Gasteiger partial charge in [-0.2, -0.15) is 26.3 Å². The lowest BCUT2D eigenvalue weighted by Crippen LogP contribution is -2.09. The van der Waals surface area contributed by atoms with Crippen molar-refractivity contribution in [3.8, 4) is 22.6 Å². The Bertz CT molecular complexity index is 1180. The predicted molar refractivity (Wildman–Crippen MR) is 102 cm³/mol. The van der Waals surface area contributed by atoms with Crippen LogP contribution in [0.25, 0.3) is 22.6 Å². The summed E-state index contributed by atoms with van der Waals surface area (Å²) in [5.74, 6) is -1.54. The van der Waals surface area contributed by atoms with Gasteiger partial charge in [-0.3, -0.25) is 4.79 Å². The Morgan fingerprint density at radius 3 is 1.34 bits per heavy atom. The number of hydrogen-bond donors (Lipinski definition) is 0. The number of benzene rings is 2. The van der Waals surface area contributed by atoms with Gasteiger partial charge in [0.25, 0.3) is 0 Å². The molecule has 4 aromatic rings. The molecule has 0 N–H and O–H groups in total. The molecule has 32 heavy (non-hydrogen) atoms. The molecule has 0 aliphatic carbocycles. The SMILES string of the molecule is O=C(c1ccoc1-c1ccccc1C(F)(F)F)c1ccoc1-c1ccccc1C(F)(F)F. The molecular weight excluding hydrogens is 438 g/mol. The first-order valence-electron chi connectivity index (χ1n) is 9.12. The Balaban J connectivity index is 1.83. The van der Waals surface area contributed by atoms with Gasteiger partial charge in [0.15, 0.2) is 0 Å². The Morgan fingerprint density at radius 2 is 0.969 bits per heavy atom. The highest BCUT2D eigenvalue weighted by Gasteiger charge is 2.37. The number of rotatable bonds is 4. The summed E-state index contributed by atoms with van der Waals surface area (Å²) in [5, 5.41) is 0. The molecule has 0 spiro atoms. The van der Waals surface area contributed by atoms with Crippen LogP contribution in [-0.4, -0.2) is 5.78 Å². The van der Waals surface area contributed by atoms with Gasteiger partial charge in [0, 0.05) is 11.1 Å². The van der Waals surface area contributed by atoms with Crippen molar-refractivity contribution in [1.82, 2.24) is 0 Å². The maximum absolute atomic E-state index is 13.4. The normalized spacial score (nSPS) is 12.2. The van der Waals surface area contributed by atoms with E-state index >= 15 is 0 Å². The van der Waals surface area contributed by atoms with Crippen molar-refractivity contribution in [2.45, 2.75) is 12.4 Å². The van der Waals surface area contributed by atoms with Crippen LogP contribution in [0, 0.1) is 0 Å². The smallest absolute Gasteiger partial charge is 0.417 e. The third-order valence-electron chi connectivity index (χ3n) is 4.77. The fraction of sp³-hybridized carbons (Fsp3) is 0.0870. The van der Waals surface area contributed by atoms with E-state index in [1.807, 2.05) is 0 Å². The first-order chi connectivity index (χ1) is 15.1. The lowest BCUT2D eigenvalue weighted by molar-refractivity contribution is -0.138. The molecule has 0 aliphatic rings. The van der Waals surface area contributed by atoms with Crippen LogP contribution in [0.1, 0.15) is 27.0 Å². The van der Waals surface area contributed by atoms with Crippen molar-refractivity contribution in [2.24, 2.45) is 0 Å². The minimum absolute atomic E-state index is 0.242. The van der Waals surface area contributed by atoms with Gasteiger partial charge in [0.1, 0.15) is 11.5 Å². The van der Waals surface area contributed by atoms with Gasteiger partial charge in [-0.05, 0) is 24.3 Å². The second-order valence-corrected chi connectivity index (χ2v) is 6.74. The molecule has 2 heterocycles. The van der Waals surface area contributed by atoms with Gasteiger partial charge in [-0.25, -0.2) is 0 Å². The summed E-state index contributed by atoms with van der Waals surface area (Å²) < 4.78 is 91.0. The number of halogens is 6. The van der Waals surface area contributed by atoms with Crippen LogP contribution in [0.15, 0.2) is 82.0 Å². The zero-order valence-electron chi connectivity index (χ0n) is 15.9. The lowest BCUT2D eigenvalue weighted by Gasteiger charge is -2.13. The summed E-state index contributed by atoms with van der Waals surface area (Å²) >= 11 is 0. The predicted octanol–water partition coefficient (Wildman–Crippen LogP) is 7.48. The summed E-state index contributed by atoms with van der Waals surface area (Å²) in [6.45, 7) is 0. The molecule has 0 unspecified atom stereocenters. The highest BCUT2D eigenvalue weighted by molar-refractivity contribution is 6.15. The largest absolute Gasteiger partial charge is 0.464 e. The molecule has 164 valence electrons. The number of ketones is 1. The zero-order valence-corrected chi connectivity index (χ0v) is 15.9. The fourth-order valence-electron chi connectivity index (χ4n) is 3.39. The van der Waals surface area contributed by atoms with Crippen LogP contribution in [0.2, 0.25) is 0 Å². The van der Waals surface area contributed by atoms with Crippen molar-refractivity contribution in [3.63, 3.8) is 0 Å². The van der Waals surface area contributed by atoms with Crippen LogP contribution >= 0.6 is 0 Å². The molecule has 0 radical (unpaired) electrons. The maximum atomic E-state index is 13.4. The minimum Gasteiger partial charge on any atom is -0.464 e. The quantitative estimate of drug-likeness (QED) is 0.239. The van der Waals surface area contributed by atoms with Gasteiger partial charge >= 0.3 is 12.4 Å². The lowest BCUT2D eigenvalue weighted by atomic mass is 9.95. The van der Waals surface area contributed by atoms with Crippen molar-refractivity contribution in [2.75, 3.05) is 0 Å². The molecule has 0 fully saturated rings. The number of alkyl halides is 6. The Labute approximate surface area is 176 Å². The molecule has 0 amide bonds. The molecule has 0 bridgehead atoms. The number of furan rings is 2. The first-order valence-corrected chi connectivity index (χ1v) is 9.12. The number of carbonyl (C=O) groups is 1. The van der Waals surface area contributed by atoms with E-state index < -0.39 is 29.3 Å². The van der Waals surface area contributed by atoms with Gasteiger partial charge in [-0.1, -0.05) is 36.4 Å². The topological polar surface area (TPSA) is 43.4 Å². The van der Waals surface area contributed by atoms with Crippen molar-refractivity contribution >= 4 is 5.78 Å². The minimum atomic E-state index is -4.71. The average Bonchev–Trinajstić information content (AvgIpc) is 3.42. The molecule has 0 atom stereocenters. The Hall–Kier alpha value is -3.75. The molecule has 0 aliphatic heterocycles. The Morgan fingerprint density at radius 1 is 0.594 bits per heavy atom. The van der Waals surface area contributed by atoms with Crippen LogP contribution in [0.3, 0.4) is 0 Å². The summed E-state index contributed by atoms with van der Waals surface area (Å²) in [6, 6.07) is 11.4.